The molecule has 0 aromatic heterocycles. The molecule has 1 fully saturated rings. The van der Waals surface area contributed by atoms with Crippen molar-refractivity contribution in [1.82, 2.24) is 10.2 Å². The first-order valence-electron chi connectivity index (χ1n) is 5.99. The average molecular weight is 214 g/mol. The minimum atomic E-state index is 0.0130. The molecule has 90 valence electrons. The van der Waals surface area contributed by atoms with Crippen LogP contribution in [-0.4, -0.2) is 49.8 Å². The predicted molar refractivity (Wildman–Crippen MR) is 64.2 cm³/mol. The van der Waals surface area contributed by atoms with Gasteiger partial charge in [-0.05, 0) is 26.8 Å². The fourth-order valence-electron chi connectivity index (χ4n) is 2.33. The monoisotopic (exact) mass is 214 g/mol. The largest absolute Gasteiger partial charge is 0.373 e. The maximum atomic E-state index is 5.74. The van der Waals surface area contributed by atoms with E-state index >= 15 is 0 Å². The van der Waals surface area contributed by atoms with Crippen LogP contribution in [-0.2, 0) is 4.74 Å². The Labute approximate surface area is 94.2 Å². The van der Waals surface area contributed by atoms with Crippen LogP contribution in [0, 0.1) is 5.92 Å². The van der Waals surface area contributed by atoms with Crippen molar-refractivity contribution >= 4 is 0 Å². The number of hydrogen-bond acceptors (Lipinski definition) is 3. The zero-order valence-electron chi connectivity index (χ0n) is 10.8. The van der Waals surface area contributed by atoms with Gasteiger partial charge >= 0.3 is 0 Å². The summed E-state index contributed by atoms with van der Waals surface area (Å²) >= 11 is 0. The molecule has 15 heavy (non-hydrogen) atoms. The van der Waals surface area contributed by atoms with Crippen LogP contribution < -0.4 is 5.32 Å². The molecule has 0 saturated carbocycles. The van der Waals surface area contributed by atoms with Crippen molar-refractivity contribution in [3.63, 3.8) is 0 Å². The molecule has 1 aliphatic heterocycles. The molecular weight excluding hydrogens is 188 g/mol. The summed E-state index contributed by atoms with van der Waals surface area (Å²) in [5.41, 5.74) is 0.0130. The Bertz CT molecular complexity index is 192. The Balaban J connectivity index is 2.59. The van der Waals surface area contributed by atoms with Gasteiger partial charge in [-0.15, -0.1) is 0 Å². The second-order valence-electron chi connectivity index (χ2n) is 5.45. The van der Waals surface area contributed by atoms with E-state index in [1.165, 1.54) is 0 Å². The Morgan fingerprint density at radius 1 is 1.40 bits per heavy atom. The highest BCUT2D eigenvalue weighted by Crippen LogP contribution is 2.21. The van der Waals surface area contributed by atoms with E-state index in [4.69, 9.17) is 4.74 Å². The van der Waals surface area contributed by atoms with Gasteiger partial charge in [-0.1, -0.05) is 13.8 Å². The van der Waals surface area contributed by atoms with Gasteiger partial charge in [0, 0.05) is 25.7 Å². The van der Waals surface area contributed by atoms with Gasteiger partial charge in [0.25, 0.3) is 0 Å². The molecule has 1 rings (SSSR count). The Hall–Kier alpha value is -0.120. The standard InChI is InChI=1S/C12H26N2O/c1-10(2)11(8-13-5)14-6-7-15-12(3,4)9-14/h10-11,13H,6-9H2,1-5H3. The van der Waals surface area contributed by atoms with Gasteiger partial charge in [0.1, 0.15) is 0 Å². The third kappa shape index (κ3) is 3.74. The molecule has 0 aliphatic carbocycles. The first kappa shape index (κ1) is 12.9. The number of nitrogens with one attached hydrogen (secondary N) is 1. The fourth-order valence-corrected chi connectivity index (χ4v) is 2.33. The number of likely N-dealkylation sites (N-methyl/N-ethyl adjacent to an activating group) is 1. The van der Waals surface area contributed by atoms with Crippen molar-refractivity contribution < 1.29 is 4.74 Å². The quantitative estimate of drug-likeness (QED) is 0.764. The molecule has 0 aromatic rings. The van der Waals surface area contributed by atoms with Crippen LogP contribution in [0.3, 0.4) is 0 Å². The topological polar surface area (TPSA) is 24.5 Å². The van der Waals surface area contributed by atoms with Gasteiger partial charge in [0.15, 0.2) is 0 Å². The number of nitrogens with zero attached hydrogens (tertiary/aromatic N) is 1. The summed E-state index contributed by atoms with van der Waals surface area (Å²) in [6.07, 6.45) is 0. The molecular formula is C12H26N2O. The summed E-state index contributed by atoms with van der Waals surface area (Å²) in [6.45, 7) is 13.0. The van der Waals surface area contributed by atoms with Crippen LogP contribution in [0.2, 0.25) is 0 Å². The van der Waals surface area contributed by atoms with Crippen LogP contribution in [0.15, 0.2) is 0 Å². The molecule has 1 aliphatic rings. The fraction of sp³-hybridized carbons (Fsp3) is 1.00. The van der Waals surface area contributed by atoms with E-state index in [9.17, 15) is 0 Å². The highest BCUT2D eigenvalue weighted by atomic mass is 16.5. The van der Waals surface area contributed by atoms with Gasteiger partial charge in [-0.2, -0.15) is 0 Å². The van der Waals surface area contributed by atoms with Crippen molar-refractivity contribution in [2.24, 2.45) is 5.92 Å². The van der Waals surface area contributed by atoms with Gasteiger partial charge in [-0.3, -0.25) is 4.90 Å². The molecule has 0 amide bonds. The van der Waals surface area contributed by atoms with E-state index in [2.05, 4.69) is 37.9 Å². The lowest BCUT2D eigenvalue weighted by molar-refractivity contribution is -0.101. The van der Waals surface area contributed by atoms with Gasteiger partial charge in [0.05, 0.1) is 12.2 Å². The second-order valence-corrected chi connectivity index (χ2v) is 5.45. The maximum Gasteiger partial charge on any atom is 0.0753 e. The van der Waals surface area contributed by atoms with Crippen LogP contribution in [0.4, 0.5) is 0 Å². The number of morpholine rings is 1. The summed E-state index contributed by atoms with van der Waals surface area (Å²) in [7, 11) is 2.03. The summed E-state index contributed by atoms with van der Waals surface area (Å²) in [4.78, 5) is 2.56. The number of ether oxygens (including phenoxy) is 1. The summed E-state index contributed by atoms with van der Waals surface area (Å²) in [6, 6.07) is 0.623. The SMILES string of the molecule is CNCC(C(C)C)N1CCOC(C)(C)C1. The highest BCUT2D eigenvalue weighted by molar-refractivity contribution is 4.85. The molecule has 1 heterocycles. The molecule has 1 atom stereocenters. The summed E-state index contributed by atoms with van der Waals surface area (Å²) < 4.78 is 5.74. The lowest BCUT2D eigenvalue weighted by atomic mass is 9.98. The molecule has 0 spiro atoms. The first-order chi connectivity index (χ1) is 6.96. The zero-order chi connectivity index (χ0) is 11.5. The molecule has 3 heteroatoms. The van der Waals surface area contributed by atoms with Crippen LogP contribution >= 0.6 is 0 Å². The van der Waals surface area contributed by atoms with Crippen LogP contribution in [0.5, 0.6) is 0 Å². The van der Waals surface area contributed by atoms with Gasteiger partial charge in [-0.25, -0.2) is 0 Å². The van der Waals surface area contributed by atoms with E-state index in [1.54, 1.807) is 0 Å². The summed E-state index contributed by atoms with van der Waals surface area (Å²) in [5, 5.41) is 3.29. The second kappa shape index (κ2) is 5.28. The molecule has 1 N–H and O–H groups in total. The van der Waals surface area contributed by atoms with E-state index in [0.717, 1.165) is 26.2 Å². The van der Waals surface area contributed by atoms with Crippen molar-refractivity contribution in [3.05, 3.63) is 0 Å². The average Bonchev–Trinajstić information content (AvgIpc) is 2.11. The smallest absolute Gasteiger partial charge is 0.0753 e. The number of rotatable bonds is 4. The van der Waals surface area contributed by atoms with Crippen LogP contribution in [0.1, 0.15) is 27.7 Å². The lowest BCUT2D eigenvalue weighted by Gasteiger charge is -2.43. The van der Waals surface area contributed by atoms with E-state index < -0.39 is 0 Å². The molecule has 0 aromatic carbocycles. The van der Waals surface area contributed by atoms with Crippen LogP contribution in [0.25, 0.3) is 0 Å². The van der Waals surface area contributed by atoms with Crippen molar-refractivity contribution in [2.45, 2.75) is 39.3 Å². The van der Waals surface area contributed by atoms with Gasteiger partial charge in [0.2, 0.25) is 0 Å². The third-order valence-corrected chi connectivity index (χ3v) is 3.11. The Morgan fingerprint density at radius 3 is 2.53 bits per heavy atom. The van der Waals surface area contributed by atoms with E-state index in [0.29, 0.717) is 12.0 Å². The minimum absolute atomic E-state index is 0.0130. The lowest BCUT2D eigenvalue weighted by Crippen LogP contribution is -2.55. The molecule has 3 nitrogen and oxygen atoms in total. The molecule has 1 saturated heterocycles. The van der Waals surface area contributed by atoms with Crippen molar-refractivity contribution in [3.8, 4) is 0 Å². The summed E-state index contributed by atoms with van der Waals surface area (Å²) in [5.74, 6) is 0.686. The highest BCUT2D eigenvalue weighted by Gasteiger charge is 2.31. The van der Waals surface area contributed by atoms with E-state index in [1.807, 2.05) is 7.05 Å². The molecule has 1 unspecified atom stereocenters. The van der Waals surface area contributed by atoms with E-state index in [-0.39, 0.29) is 5.60 Å². The maximum absolute atomic E-state index is 5.74. The predicted octanol–water partition coefficient (Wildman–Crippen LogP) is 1.34. The van der Waals surface area contributed by atoms with Crippen molar-refractivity contribution in [1.29, 1.82) is 0 Å². The third-order valence-electron chi connectivity index (χ3n) is 3.11. The molecule has 0 bridgehead atoms. The Kier molecular flexibility index (Phi) is 4.56. The Morgan fingerprint density at radius 2 is 2.07 bits per heavy atom. The van der Waals surface area contributed by atoms with Crippen molar-refractivity contribution in [2.75, 3.05) is 33.3 Å². The normalized spacial score (nSPS) is 24.4. The van der Waals surface area contributed by atoms with Gasteiger partial charge < -0.3 is 10.1 Å². The molecule has 0 radical (unpaired) electrons. The number of hydrogen-bond donors (Lipinski definition) is 1. The zero-order valence-corrected chi connectivity index (χ0v) is 10.8. The first-order valence-corrected chi connectivity index (χ1v) is 5.99. The minimum Gasteiger partial charge on any atom is -0.373 e.